The van der Waals surface area contributed by atoms with Crippen molar-refractivity contribution in [1.82, 2.24) is 4.90 Å². The summed E-state index contributed by atoms with van der Waals surface area (Å²) in [6, 6.07) is 8.04. The fourth-order valence-electron chi connectivity index (χ4n) is 3.09. The standard InChI is InChI=1S/C20H32N2O2/c1-20(2,3)12-6-9-19(24)21-18-8-5-4-7-16(18)15-22-13-10-17(23)11-14-22/h4-5,7-8,17,23H,6,9-15H2,1-3H3,(H,21,24). The van der Waals surface area contributed by atoms with Gasteiger partial charge in [0.15, 0.2) is 0 Å². The third-order valence-electron chi connectivity index (χ3n) is 4.57. The highest BCUT2D eigenvalue weighted by atomic mass is 16.3. The minimum atomic E-state index is -0.154. The summed E-state index contributed by atoms with van der Waals surface area (Å²) in [5.74, 6) is 0.0979. The van der Waals surface area contributed by atoms with Gasteiger partial charge in [-0.3, -0.25) is 9.69 Å². The average Bonchev–Trinajstić information content (AvgIpc) is 2.50. The zero-order chi connectivity index (χ0) is 17.6. The number of carbonyl (C=O) groups excluding carboxylic acids is 1. The van der Waals surface area contributed by atoms with Crippen LogP contribution in [0.2, 0.25) is 0 Å². The monoisotopic (exact) mass is 332 g/mol. The van der Waals surface area contributed by atoms with Crippen LogP contribution in [-0.2, 0) is 11.3 Å². The van der Waals surface area contributed by atoms with Crippen LogP contribution < -0.4 is 5.32 Å². The first-order valence-corrected chi connectivity index (χ1v) is 9.12. The lowest BCUT2D eigenvalue weighted by molar-refractivity contribution is -0.116. The highest BCUT2D eigenvalue weighted by Crippen LogP contribution is 2.23. The molecule has 4 nitrogen and oxygen atoms in total. The number of benzene rings is 1. The molecule has 1 amide bonds. The van der Waals surface area contributed by atoms with Crippen LogP contribution in [0.1, 0.15) is 58.4 Å². The Labute approximate surface area is 146 Å². The van der Waals surface area contributed by atoms with E-state index in [-0.39, 0.29) is 17.4 Å². The van der Waals surface area contributed by atoms with Gasteiger partial charge in [0, 0.05) is 31.7 Å². The Hall–Kier alpha value is -1.39. The summed E-state index contributed by atoms with van der Waals surface area (Å²) in [5, 5.41) is 12.7. The molecule has 1 fully saturated rings. The lowest BCUT2D eigenvalue weighted by atomic mass is 9.90. The maximum Gasteiger partial charge on any atom is 0.224 e. The van der Waals surface area contributed by atoms with Crippen LogP contribution in [0.3, 0.4) is 0 Å². The summed E-state index contributed by atoms with van der Waals surface area (Å²) >= 11 is 0. The van der Waals surface area contributed by atoms with Gasteiger partial charge in [0.25, 0.3) is 0 Å². The first kappa shape index (κ1) is 18.9. The summed E-state index contributed by atoms with van der Waals surface area (Å²) in [6.07, 6.45) is 4.06. The van der Waals surface area contributed by atoms with Gasteiger partial charge in [-0.05, 0) is 42.7 Å². The second-order valence-corrected chi connectivity index (χ2v) is 8.13. The van der Waals surface area contributed by atoms with E-state index in [1.807, 2.05) is 18.2 Å². The number of anilines is 1. The molecule has 134 valence electrons. The molecule has 1 aliphatic heterocycles. The molecule has 0 radical (unpaired) electrons. The van der Waals surface area contributed by atoms with Crippen molar-refractivity contribution in [3.63, 3.8) is 0 Å². The molecule has 1 saturated heterocycles. The largest absolute Gasteiger partial charge is 0.393 e. The van der Waals surface area contributed by atoms with Gasteiger partial charge in [-0.1, -0.05) is 39.0 Å². The van der Waals surface area contributed by atoms with E-state index in [1.54, 1.807) is 0 Å². The SMILES string of the molecule is CC(C)(C)CCCC(=O)Nc1ccccc1CN1CCC(O)CC1. The lowest BCUT2D eigenvalue weighted by Crippen LogP contribution is -2.35. The third-order valence-corrected chi connectivity index (χ3v) is 4.57. The van der Waals surface area contributed by atoms with E-state index >= 15 is 0 Å². The lowest BCUT2D eigenvalue weighted by Gasteiger charge is -2.30. The van der Waals surface area contributed by atoms with Gasteiger partial charge in [0.2, 0.25) is 5.91 Å². The van der Waals surface area contributed by atoms with Gasteiger partial charge in [-0.2, -0.15) is 0 Å². The summed E-state index contributed by atoms with van der Waals surface area (Å²) < 4.78 is 0. The number of hydrogen-bond donors (Lipinski definition) is 2. The van der Waals surface area contributed by atoms with Crippen LogP contribution in [0.25, 0.3) is 0 Å². The Bertz CT molecular complexity index is 529. The number of para-hydroxylation sites is 1. The van der Waals surface area contributed by atoms with E-state index in [2.05, 4.69) is 37.1 Å². The number of aliphatic hydroxyl groups excluding tert-OH is 1. The van der Waals surface area contributed by atoms with E-state index < -0.39 is 0 Å². The van der Waals surface area contributed by atoms with E-state index in [0.717, 1.165) is 56.6 Å². The van der Waals surface area contributed by atoms with E-state index in [4.69, 9.17) is 0 Å². The number of aliphatic hydroxyl groups is 1. The molecule has 2 N–H and O–H groups in total. The predicted molar refractivity (Wildman–Crippen MR) is 98.9 cm³/mol. The maximum absolute atomic E-state index is 12.2. The maximum atomic E-state index is 12.2. The number of piperidine rings is 1. The highest BCUT2D eigenvalue weighted by Gasteiger charge is 2.18. The number of rotatable bonds is 6. The molecule has 1 aromatic carbocycles. The summed E-state index contributed by atoms with van der Waals surface area (Å²) in [6.45, 7) is 9.26. The zero-order valence-corrected chi connectivity index (χ0v) is 15.3. The number of hydrogen-bond acceptors (Lipinski definition) is 3. The first-order valence-electron chi connectivity index (χ1n) is 9.12. The number of nitrogens with one attached hydrogen (secondary N) is 1. The summed E-state index contributed by atoms with van der Waals surface area (Å²) in [4.78, 5) is 14.6. The number of carbonyl (C=O) groups is 1. The van der Waals surface area contributed by atoms with E-state index in [0.29, 0.717) is 6.42 Å². The third kappa shape index (κ3) is 6.62. The topological polar surface area (TPSA) is 52.6 Å². The van der Waals surface area contributed by atoms with Crippen molar-refractivity contribution in [2.24, 2.45) is 5.41 Å². The number of likely N-dealkylation sites (tertiary alicyclic amines) is 1. The van der Waals surface area contributed by atoms with Crippen LogP contribution in [0.5, 0.6) is 0 Å². The summed E-state index contributed by atoms with van der Waals surface area (Å²) in [7, 11) is 0. The number of nitrogens with zero attached hydrogens (tertiary/aromatic N) is 1. The van der Waals surface area contributed by atoms with Crippen molar-refractivity contribution in [3.05, 3.63) is 29.8 Å². The van der Waals surface area contributed by atoms with Crippen molar-refractivity contribution in [1.29, 1.82) is 0 Å². The Morgan fingerprint density at radius 3 is 2.58 bits per heavy atom. The second kappa shape index (κ2) is 8.63. The van der Waals surface area contributed by atoms with Crippen LogP contribution in [0.15, 0.2) is 24.3 Å². The highest BCUT2D eigenvalue weighted by molar-refractivity contribution is 5.91. The van der Waals surface area contributed by atoms with Crippen molar-refractivity contribution >= 4 is 11.6 Å². The Kier molecular flexibility index (Phi) is 6.81. The molecule has 4 heteroatoms. The van der Waals surface area contributed by atoms with Crippen LogP contribution >= 0.6 is 0 Å². The van der Waals surface area contributed by atoms with Crippen molar-refractivity contribution in [2.75, 3.05) is 18.4 Å². The van der Waals surface area contributed by atoms with Gasteiger partial charge in [-0.15, -0.1) is 0 Å². The predicted octanol–water partition coefficient (Wildman–Crippen LogP) is 3.80. The molecule has 1 heterocycles. The molecule has 0 atom stereocenters. The zero-order valence-electron chi connectivity index (χ0n) is 15.3. The second-order valence-electron chi connectivity index (χ2n) is 8.13. The molecular formula is C20H32N2O2. The fraction of sp³-hybridized carbons (Fsp3) is 0.650. The molecule has 2 rings (SSSR count). The summed E-state index contributed by atoms with van der Waals surface area (Å²) in [5.41, 5.74) is 2.35. The minimum absolute atomic E-state index is 0.0979. The molecule has 1 aromatic rings. The molecule has 0 unspecified atom stereocenters. The van der Waals surface area contributed by atoms with Crippen molar-refractivity contribution in [2.45, 2.75) is 65.5 Å². The van der Waals surface area contributed by atoms with Crippen LogP contribution in [0.4, 0.5) is 5.69 Å². The van der Waals surface area contributed by atoms with Gasteiger partial charge >= 0.3 is 0 Å². The van der Waals surface area contributed by atoms with Crippen molar-refractivity contribution < 1.29 is 9.90 Å². The smallest absolute Gasteiger partial charge is 0.224 e. The molecular weight excluding hydrogens is 300 g/mol. The molecule has 24 heavy (non-hydrogen) atoms. The first-order chi connectivity index (χ1) is 11.3. The molecule has 0 aromatic heterocycles. The minimum Gasteiger partial charge on any atom is -0.393 e. The fourth-order valence-corrected chi connectivity index (χ4v) is 3.09. The Morgan fingerprint density at radius 2 is 1.92 bits per heavy atom. The molecule has 0 aliphatic carbocycles. The van der Waals surface area contributed by atoms with Gasteiger partial charge in [0.1, 0.15) is 0 Å². The molecule has 1 aliphatic rings. The van der Waals surface area contributed by atoms with E-state index in [9.17, 15) is 9.90 Å². The Morgan fingerprint density at radius 1 is 1.25 bits per heavy atom. The van der Waals surface area contributed by atoms with Gasteiger partial charge in [0.05, 0.1) is 6.10 Å². The van der Waals surface area contributed by atoms with Crippen LogP contribution in [-0.4, -0.2) is 35.1 Å². The molecule has 0 spiro atoms. The number of amides is 1. The van der Waals surface area contributed by atoms with Gasteiger partial charge in [-0.25, -0.2) is 0 Å². The van der Waals surface area contributed by atoms with E-state index in [1.165, 1.54) is 0 Å². The van der Waals surface area contributed by atoms with Crippen molar-refractivity contribution in [3.8, 4) is 0 Å². The average molecular weight is 332 g/mol. The normalized spacial score (nSPS) is 17.0. The van der Waals surface area contributed by atoms with Gasteiger partial charge < -0.3 is 10.4 Å². The molecule has 0 bridgehead atoms. The quantitative estimate of drug-likeness (QED) is 0.833. The Balaban J connectivity index is 1.87. The van der Waals surface area contributed by atoms with Crippen LogP contribution in [0, 0.1) is 5.41 Å². The molecule has 0 saturated carbocycles.